The van der Waals surface area contributed by atoms with Crippen LogP contribution in [0.4, 0.5) is 0 Å². The van der Waals surface area contributed by atoms with E-state index in [2.05, 4.69) is 4.98 Å². The average Bonchev–Trinajstić information content (AvgIpc) is 2.04. The number of rotatable bonds is 0. The van der Waals surface area contributed by atoms with Gasteiger partial charge in [-0.15, -0.1) is 0 Å². The number of fused-ring (bicyclic) bond motifs is 1. The van der Waals surface area contributed by atoms with Crippen molar-refractivity contribution in [3.05, 3.63) is 46.8 Å². The predicted molar refractivity (Wildman–Crippen MR) is 57.6 cm³/mol. The van der Waals surface area contributed by atoms with E-state index in [0.29, 0.717) is 0 Å². The van der Waals surface area contributed by atoms with Crippen molar-refractivity contribution in [1.82, 2.24) is 4.98 Å². The van der Waals surface area contributed by atoms with Crippen LogP contribution in [0.1, 0.15) is 0 Å². The molecule has 5 heteroatoms. The van der Waals surface area contributed by atoms with E-state index in [1.165, 1.54) is 6.07 Å². The van der Waals surface area contributed by atoms with E-state index >= 15 is 0 Å². The van der Waals surface area contributed by atoms with Gasteiger partial charge in [0.15, 0.2) is 0 Å². The molecule has 14 heavy (non-hydrogen) atoms. The maximum absolute atomic E-state index is 10.8. The third-order valence-electron chi connectivity index (χ3n) is 1.63. The minimum absolute atomic E-state index is 0. The Hall–Kier alpha value is -0.767. The van der Waals surface area contributed by atoms with E-state index < -0.39 is 0 Å². The van der Waals surface area contributed by atoms with Crippen LogP contribution in [0.25, 0.3) is 10.9 Å². The quantitative estimate of drug-likeness (QED) is 0.603. The molecular weight excluding hydrogens is 379 g/mol. The molecule has 0 saturated heterocycles. The van der Waals surface area contributed by atoms with E-state index in [1.807, 2.05) is 30.3 Å². The number of hydrogen-bond acceptors (Lipinski definition) is 1. The van der Waals surface area contributed by atoms with E-state index in [9.17, 15) is 4.79 Å². The fourth-order valence-corrected chi connectivity index (χ4v) is 1.10. The Bertz CT molecular complexity index is 441. The average molecular weight is 390 g/mol. The van der Waals surface area contributed by atoms with E-state index in [-0.39, 0.29) is 42.7 Å². The van der Waals surface area contributed by atoms with Gasteiger partial charge in [-0.2, -0.15) is 0 Å². The molecule has 75 valence electrons. The number of pyridine rings is 1. The van der Waals surface area contributed by atoms with Crippen molar-refractivity contribution in [3.8, 4) is 0 Å². The maximum atomic E-state index is 10.8. The molecule has 0 saturated carbocycles. The molecule has 1 aromatic heterocycles. The van der Waals surface area contributed by atoms with Gasteiger partial charge in [0.05, 0.1) is 0 Å². The van der Waals surface area contributed by atoms with Gasteiger partial charge < -0.3 is 15.9 Å². The first-order valence-electron chi connectivity index (χ1n) is 3.44. The SMILES string of the molecule is O.O.O=c1ccc2ccccc2[nH]1.[Bi]. The largest absolute Gasteiger partial charge is 0.412 e. The molecule has 2 rings (SSSR count). The molecule has 0 bridgehead atoms. The number of para-hydroxylation sites is 1. The third kappa shape index (κ3) is 3.18. The molecule has 0 aliphatic rings. The molecule has 4 nitrogen and oxygen atoms in total. The molecule has 0 amide bonds. The first kappa shape index (κ1) is 15.7. The molecular formula is C9H11BiNO3. The van der Waals surface area contributed by atoms with Gasteiger partial charge in [-0.05, 0) is 17.5 Å². The number of nitrogens with one attached hydrogen (secondary N) is 1. The summed E-state index contributed by atoms with van der Waals surface area (Å²) in [6, 6.07) is 11.0. The molecule has 1 heterocycles. The number of benzene rings is 1. The van der Waals surface area contributed by atoms with Crippen LogP contribution in [0.5, 0.6) is 0 Å². The third-order valence-corrected chi connectivity index (χ3v) is 1.63. The zero-order valence-electron chi connectivity index (χ0n) is 7.32. The van der Waals surface area contributed by atoms with Crippen LogP contribution in [-0.2, 0) is 0 Å². The fourth-order valence-electron chi connectivity index (χ4n) is 1.10. The van der Waals surface area contributed by atoms with Crippen molar-refractivity contribution in [2.75, 3.05) is 0 Å². The predicted octanol–water partition coefficient (Wildman–Crippen LogP) is -0.502. The zero-order valence-corrected chi connectivity index (χ0v) is 10.8. The fraction of sp³-hybridized carbons (Fsp3) is 0. The Morgan fingerprint density at radius 2 is 1.57 bits per heavy atom. The van der Waals surface area contributed by atoms with Crippen LogP contribution in [0.3, 0.4) is 0 Å². The summed E-state index contributed by atoms with van der Waals surface area (Å²) in [5.41, 5.74) is 0.837. The van der Waals surface area contributed by atoms with Crippen LogP contribution in [0.15, 0.2) is 41.2 Å². The standard InChI is InChI=1S/C9H7NO.Bi.2H2O/c11-9-6-5-7-3-1-2-4-8(7)10-9;;;/h1-6H,(H,10,11);;2*1H2. The second kappa shape index (κ2) is 6.65. The summed E-state index contributed by atoms with van der Waals surface area (Å²) >= 11 is 0. The number of aromatic nitrogens is 1. The van der Waals surface area contributed by atoms with Gasteiger partial charge in [0.2, 0.25) is 5.56 Å². The Balaban J connectivity index is 0. The van der Waals surface area contributed by atoms with E-state index in [1.54, 1.807) is 0 Å². The summed E-state index contributed by atoms with van der Waals surface area (Å²) in [7, 11) is 0. The monoisotopic (exact) mass is 390 g/mol. The molecule has 2 aromatic rings. The van der Waals surface area contributed by atoms with Crippen molar-refractivity contribution in [3.63, 3.8) is 0 Å². The van der Waals surface area contributed by atoms with Crippen LogP contribution < -0.4 is 5.56 Å². The van der Waals surface area contributed by atoms with Gasteiger partial charge in [-0.3, -0.25) is 4.79 Å². The van der Waals surface area contributed by atoms with Crippen molar-refractivity contribution in [2.24, 2.45) is 0 Å². The van der Waals surface area contributed by atoms with E-state index in [4.69, 9.17) is 0 Å². The van der Waals surface area contributed by atoms with Gasteiger partial charge >= 0.3 is 0 Å². The summed E-state index contributed by atoms with van der Waals surface area (Å²) in [5, 5.41) is 1.06. The smallest absolute Gasteiger partial charge is 0.248 e. The normalized spacial score (nSPS) is 8.00. The second-order valence-electron chi connectivity index (χ2n) is 2.41. The van der Waals surface area contributed by atoms with Gasteiger partial charge in [0.1, 0.15) is 0 Å². The van der Waals surface area contributed by atoms with Gasteiger partial charge in [0, 0.05) is 37.8 Å². The van der Waals surface area contributed by atoms with Crippen LogP contribution in [0, 0.1) is 0 Å². The number of hydrogen-bond donors (Lipinski definition) is 1. The topological polar surface area (TPSA) is 95.9 Å². The minimum Gasteiger partial charge on any atom is -0.412 e. The van der Waals surface area contributed by atoms with Gasteiger partial charge in [0.25, 0.3) is 0 Å². The van der Waals surface area contributed by atoms with Crippen molar-refractivity contribution >= 4 is 37.1 Å². The number of aromatic amines is 1. The van der Waals surface area contributed by atoms with Crippen molar-refractivity contribution in [1.29, 1.82) is 0 Å². The number of H-pyrrole nitrogens is 1. The summed E-state index contributed by atoms with van der Waals surface area (Å²) < 4.78 is 0. The molecule has 5 N–H and O–H groups in total. The maximum Gasteiger partial charge on any atom is 0.248 e. The summed E-state index contributed by atoms with van der Waals surface area (Å²) in [6.45, 7) is 0. The first-order chi connectivity index (χ1) is 5.36. The van der Waals surface area contributed by atoms with Crippen molar-refractivity contribution < 1.29 is 11.0 Å². The summed E-state index contributed by atoms with van der Waals surface area (Å²) in [4.78, 5) is 13.6. The molecule has 3 radical (unpaired) electrons. The van der Waals surface area contributed by atoms with E-state index in [0.717, 1.165) is 10.9 Å². The Kier molecular flexibility index (Phi) is 7.46. The molecule has 0 spiro atoms. The summed E-state index contributed by atoms with van der Waals surface area (Å²) in [6.07, 6.45) is 0. The van der Waals surface area contributed by atoms with Crippen LogP contribution in [0.2, 0.25) is 0 Å². The molecule has 0 unspecified atom stereocenters. The van der Waals surface area contributed by atoms with Crippen molar-refractivity contribution in [2.45, 2.75) is 0 Å². The molecule has 0 atom stereocenters. The van der Waals surface area contributed by atoms with Crippen LogP contribution in [-0.4, -0.2) is 42.1 Å². The van der Waals surface area contributed by atoms with Gasteiger partial charge in [-0.25, -0.2) is 0 Å². The summed E-state index contributed by atoms with van der Waals surface area (Å²) in [5.74, 6) is 0. The molecule has 0 fully saturated rings. The Labute approximate surface area is 99.7 Å². The first-order valence-corrected chi connectivity index (χ1v) is 3.44. The molecule has 0 aliphatic heterocycles. The minimum atomic E-state index is -0.0521. The second-order valence-corrected chi connectivity index (χ2v) is 2.41. The molecule has 1 aromatic carbocycles. The van der Waals surface area contributed by atoms with Gasteiger partial charge in [-0.1, -0.05) is 18.2 Å². The Morgan fingerprint density at radius 1 is 0.929 bits per heavy atom. The van der Waals surface area contributed by atoms with Crippen LogP contribution >= 0.6 is 0 Å². The molecule has 0 aliphatic carbocycles. The Morgan fingerprint density at radius 3 is 2.29 bits per heavy atom. The zero-order chi connectivity index (χ0) is 7.68.